The average Bonchev–Trinajstić information content (AvgIpc) is 2.60. The van der Waals surface area contributed by atoms with Gasteiger partial charge in [-0.05, 0) is 41.7 Å². The minimum atomic E-state index is -3.71. The van der Waals surface area contributed by atoms with Crippen molar-refractivity contribution in [2.75, 3.05) is 11.9 Å². The fourth-order valence-corrected chi connectivity index (χ4v) is 3.44. The molecule has 0 fully saturated rings. The Morgan fingerprint density at radius 2 is 1.68 bits per heavy atom. The van der Waals surface area contributed by atoms with Gasteiger partial charge >= 0.3 is 0 Å². The quantitative estimate of drug-likeness (QED) is 0.795. The van der Waals surface area contributed by atoms with Gasteiger partial charge in [-0.1, -0.05) is 51.1 Å². The molecule has 0 bridgehead atoms. The number of anilines is 1. The summed E-state index contributed by atoms with van der Waals surface area (Å²) in [6.07, 6.45) is 0.839. The van der Waals surface area contributed by atoms with Gasteiger partial charge in [0.25, 0.3) is 0 Å². The molecule has 0 saturated heterocycles. The summed E-state index contributed by atoms with van der Waals surface area (Å²) in [5, 5.41) is 2.77. The molecule has 0 saturated carbocycles. The minimum absolute atomic E-state index is 0.153. The number of aryl methyl sites for hydroxylation is 1. The molecule has 0 aliphatic carbocycles. The van der Waals surface area contributed by atoms with Gasteiger partial charge in [-0.2, -0.15) is 0 Å². The van der Waals surface area contributed by atoms with Crippen molar-refractivity contribution < 1.29 is 13.2 Å². The van der Waals surface area contributed by atoms with Crippen molar-refractivity contribution in [1.29, 1.82) is 0 Å². The highest BCUT2D eigenvalue weighted by molar-refractivity contribution is 7.89. The fraction of sp³-hybridized carbons (Fsp3) is 0.316. The molecule has 0 spiro atoms. The molecule has 2 aromatic rings. The fourth-order valence-electron chi connectivity index (χ4n) is 2.46. The van der Waals surface area contributed by atoms with Crippen molar-refractivity contribution in [3.8, 4) is 0 Å². The molecule has 0 aromatic heterocycles. The largest absolute Gasteiger partial charge is 0.325 e. The van der Waals surface area contributed by atoms with Gasteiger partial charge in [0.2, 0.25) is 15.9 Å². The van der Waals surface area contributed by atoms with Crippen LogP contribution in [-0.2, 0) is 21.2 Å². The average molecular weight is 360 g/mol. The van der Waals surface area contributed by atoms with Gasteiger partial charge in [-0.15, -0.1) is 0 Å². The highest BCUT2D eigenvalue weighted by atomic mass is 32.2. The van der Waals surface area contributed by atoms with Gasteiger partial charge in [0.05, 0.1) is 11.4 Å². The van der Waals surface area contributed by atoms with E-state index in [1.807, 2.05) is 45.0 Å². The summed E-state index contributed by atoms with van der Waals surface area (Å²) in [5.74, 6) is -0.146. The molecule has 5 nitrogen and oxygen atoms in total. The van der Waals surface area contributed by atoms with Gasteiger partial charge in [0, 0.05) is 5.69 Å². The topological polar surface area (TPSA) is 75.3 Å². The van der Waals surface area contributed by atoms with Crippen molar-refractivity contribution >= 4 is 21.6 Å². The molecular weight excluding hydrogens is 336 g/mol. The lowest BCUT2D eigenvalue weighted by Gasteiger charge is -2.14. The van der Waals surface area contributed by atoms with Crippen molar-refractivity contribution in [3.63, 3.8) is 0 Å². The Morgan fingerprint density at radius 3 is 2.28 bits per heavy atom. The van der Waals surface area contributed by atoms with Crippen molar-refractivity contribution in [1.82, 2.24) is 4.72 Å². The number of nitrogens with one attached hydrogen (secondary N) is 2. The minimum Gasteiger partial charge on any atom is -0.325 e. The summed E-state index contributed by atoms with van der Waals surface area (Å²) >= 11 is 0. The van der Waals surface area contributed by atoms with Crippen LogP contribution < -0.4 is 10.0 Å². The summed E-state index contributed by atoms with van der Waals surface area (Å²) in [6, 6.07) is 14.1. The number of benzene rings is 2. The van der Waals surface area contributed by atoms with E-state index in [0.717, 1.165) is 17.5 Å². The normalized spacial score (nSPS) is 11.5. The lowest BCUT2D eigenvalue weighted by Crippen LogP contribution is -2.33. The Bertz CT molecular complexity index is 828. The van der Waals surface area contributed by atoms with Crippen LogP contribution in [0.3, 0.4) is 0 Å². The Balaban J connectivity index is 2.01. The molecule has 2 rings (SSSR count). The van der Waals surface area contributed by atoms with Crippen LogP contribution >= 0.6 is 0 Å². The third kappa shape index (κ3) is 5.14. The van der Waals surface area contributed by atoms with Gasteiger partial charge in [0.15, 0.2) is 0 Å². The Morgan fingerprint density at radius 1 is 1.04 bits per heavy atom. The number of carbonyl (C=O) groups is 1. The highest BCUT2D eigenvalue weighted by Gasteiger charge is 2.16. The van der Waals surface area contributed by atoms with Crippen LogP contribution in [0.25, 0.3) is 0 Å². The zero-order chi connectivity index (χ0) is 18.4. The van der Waals surface area contributed by atoms with Crippen LogP contribution in [0.2, 0.25) is 0 Å². The number of hydrogen-bond donors (Lipinski definition) is 2. The van der Waals surface area contributed by atoms with E-state index < -0.39 is 15.9 Å². The molecule has 0 unspecified atom stereocenters. The first-order chi connectivity index (χ1) is 11.8. The van der Waals surface area contributed by atoms with E-state index in [1.54, 1.807) is 24.3 Å². The van der Waals surface area contributed by atoms with Crippen LogP contribution in [0.4, 0.5) is 5.69 Å². The maximum absolute atomic E-state index is 12.3. The maximum atomic E-state index is 12.3. The molecule has 2 N–H and O–H groups in total. The van der Waals surface area contributed by atoms with Crippen molar-refractivity contribution in [2.45, 2.75) is 38.0 Å². The van der Waals surface area contributed by atoms with Gasteiger partial charge in [-0.3, -0.25) is 4.79 Å². The summed E-state index contributed by atoms with van der Waals surface area (Å²) in [4.78, 5) is 12.3. The molecule has 2 aromatic carbocycles. The maximum Gasteiger partial charge on any atom is 0.241 e. The first kappa shape index (κ1) is 19.1. The number of carbonyl (C=O) groups excluding carboxylic acids is 1. The number of para-hydroxylation sites is 1. The second-order valence-electron chi connectivity index (χ2n) is 6.11. The second kappa shape index (κ2) is 8.27. The summed E-state index contributed by atoms with van der Waals surface area (Å²) in [5.41, 5.74) is 2.77. The highest BCUT2D eigenvalue weighted by Crippen LogP contribution is 2.23. The molecular formula is C19H24N2O3S. The van der Waals surface area contributed by atoms with Crippen LogP contribution in [0.15, 0.2) is 53.4 Å². The molecule has 6 heteroatoms. The first-order valence-electron chi connectivity index (χ1n) is 8.31. The van der Waals surface area contributed by atoms with Gasteiger partial charge in [0.1, 0.15) is 0 Å². The second-order valence-corrected chi connectivity index (χ2v) is 7.88. The van der Waals surface area contributed by atoms with Crippen LogP contribution in [-0.4, -0.2) is 20.9 Å². The zero-order valence-corrected chi connectivity index (χ0v) is 15.6. The molecule has 0 heterocycles. The third-order valence-electron chi connectivity index (χ3n) is 3.92. The first-order valence-corrected chi connectivity index (χ1v) is 9.79. The van der Waals surface area contributed by atoms with Crippen molar-refractivity contribution in [3.05, 3.63) is 59.7 Å². The predicted molar refractivity (Wildman–Crippen MR) is 100 cm³/mol. The molecule has 0 atom stereocenters. The van der Waals surface area contributed by atoms with E-state index in [9.17, 15) is 13.2 Å². The molecule has 0 aliphatic rings. The standard InChI is InChI=1S/C19H24N2O3S/c1-4-15-9-11-16(12-10-15)25(23,24)20-13-19(22)21-18-8-6-5-7-17(18)14(2)3/h5-12,14,20H,4,13H2,1-3H3,(H,21,22). The third-order valence-corrected chi connectivity index (χ3v) is 5.34. The van der Waals surface area contributed by atoms with E-state index >= 15 is 0 Å². The smallest absolute Gasteiger partial charge is 0.241 e. The lowest BCUT2D eigenvalue weighted by molar-refractivity contribution is -0.115. The van der Waals surface area contributed by atoms with Gasteiger partial charge < -0.3 is 5.32 Å². The number of rotatable bonds is 7. The van der Waals surface area contributed by atoms with E-state index in [-0.39, 0.29) is 17.4 Å². The zero-order valence-electron chi connectivity index (χ0n) is 14.7. The number of hydrogen-bond acceptors (Lipinski definition) is 3. The van der Waals surface area contributed by atoms with Crippen LogP contribution in [0.1, 0.15) is 37.8 Å². The molecule has 0 radical (unpaired) electrons. The lowest BCUT2D eigenvalue weighted by atomic mass is 10.0. The van der Waals surface area contributed by atoms with E-state index in [4.69, 9.17) is 0 Å². The molecule has 25 heavy (non-hydrogen) atoms. The predicted octanol–water partition coefficient (Wildman–Crippen LogP) is 3.29. The number of amides is 1. The van der Waals surface area contributed by atoms with Crippen LogP contribution in [0, 0.1) is 0 Å². The SMILES string of the molecule is CCc1ccc(S(=O)(=O)NCC(=O)Nc2ccccc2C(C)C)cc1. The molecule has 0 aliphatic heterocycles. The number of sulfonamides is 1. The monoisotopic (exact) mass is 360 g/mol. The Labute approximate surface area is 149 Å². The summed E-state index contributed by atoms with van der Waals surface area (Å²) < 4.78 is 26.9. The molecule has 134 valence electrons. The van der Waals surface area contributed by atoms with E-state index in [0.29, 0.717) is 5.69 Å². The molecule has 1 amide bonds. The summed E-state index contributed by atoms with van der Waals surface area (Å²) in [7, 11) is -3.71. The Kier molecular flexibility index (Phi) is 6.33. The van der Waals surface area contributed by atoms with Crippen LogP contribution in [0.5, 0.6) is 0 Å². The summed E-state index contributed by atoms with van der Waals surface area (Å²) in [6.45, 7) is 5.76. The van der Waals surface area contributed by atoms with E-state index in [2.05, 4.69) is 10.0 Å². The van der Waals surface area contributed by atoms with Gasteiger partial charge in [-0.25, -0.2) is 13.1 Å². The van der Waals surface area contributed by atoms with Crippen molar-refractivity contribution in [2.24, 2.45) is 0 Å². The van der Waals surface area contributed by atoms with E-state index in [1.165, 1.54) is 0 Å². The Hall–Kier alpha value is -2.18.